The number of halogens is 1. The van der Waals surface area contributed by atoms with E-state index in [1.165, 1.54) is 0 Å². The molecule has 1 N–H and O–H groups in total. The highest BCUT2D eigenvalue weighted by Gasteiger charge is 2.04. The molecule has 2 aromatic rings. The first-order chi connectivity index (χ1) is 8.66. The normalized spacial score (nSPS) is 9.39. The first kappa shape index (κ1) is 12.2. The molecule has 0 saturated heterocycles. The summed E-state index contributed by atoms with van der Waals surface area (Å²) < 4.78 is 0. The Morgan fingerprint density at radius 3 is 2.50 bits per heavy atom. The molecule has 0 unspecified atom stereocenters. The third-order valence-electron chi connectivity index (χ3n) is 2.37. The van der Waals surface area contributed by atoms with E-state index in [1.807, 2.05) is 30.3 Å². The quantitative estimate of drug-likeness (QED) is 0.794. The molecule has 88 valence electrons. The molecule has 2 rings (SSSR count). The predicted octanol–water partition coefficient (Wildman–Crippen LogP) is 3.44. The van der Waals surface area contributed by atoms with Crippen LogP contribution in [0.25, 0.3) is 11.1 Å². The number of hydrogen-bond acceptors (Lipinski definition) is 1. The Kier molecular flexibility index (Phi) is 3.66. The van der Waals surface area contributed by atoms with Gasteiger partial charge < -0.3 is 5.11 Å². The number of carboxylic acids is 1. The van der Waals surface area contributed by atoms with Gasteiger partial charge in [0.15, 0.2) is 0 Å². The Morgan fingerprint density at radius 2 is 1.83 bits per heavy atom. The monoisotopic (exact) mass is 256 g/mol. The van der Waals surface area contributed by atoms with Gasteiger partial charge in [-0.25, -0.2) is 4.79 Å². The lowest BCUT2D eigenvalue weighted by molar-refractivity contribution is -0.130. The fourth-order valence-electron chi connectivity index (χ4n) is 1.60. The highest BCUT2D eigenvalue weighted by molar-refractivity contribution is 6.30. The van der Waals surface area contributed by atoms with E-state index in [0.717, 1.165) is 11.1 Å². The highest BCUT2D eigenvalue weighted by atomic mass is 35.5. The van der Waals surface area contributed by atoms with E-state index in [9.17, 15) is 4.79 Å². The predicted molar refractivity (Wildman–Crippen MR) is 71.4 cm³/mol. The van der Waals surface area contributed by atoms with Crippen LogP contribution in [-0.2, 0) is 4.79 Å². The molecule has 0 atom stereocenters. The second-order valence-electron chi connectivity index (χ2n) is 3.61. The maximum atomic E-state index is 10.5. The van der Waals surface area contributed by atoms with Crippen molar-refractivity contribution in [3.8, 4) is 23.0 Å². The standard InChI is InChI=1S/C15H9ClO2/c16-13-8-6-12(7-9-15(17)18)14(10-13)11-4-2-1-3-5-11/h1-6,8,10H,(H,17,18). The minimum atomic E-state index is -1.15. The lowest BCUT2D eigenvalue weighted by Crippen LogP contribution is -1.89. The summed E-state index contributed by atoms with van der Waals surface area (Å²) >= 11 is 5.96. The van der Waals surface area contributed by atoms with Crippen LogP contribution in [0.4, 0.5) is 0 Å². The summed E-state index contributed by atoms with van der Waals surface area (Å²) in [5.74, 6) is 3.60. The van der Waals surface area contributed by atoms with Gasteiger partial charge in [0.25, 0.3) is 0 Å². The van der Waals surface area contributed by atoms with Crippen molar-refractivity contribution in [2.24, 2.45) is 0 Å². The average Bonchev–Trinajstić information content (AvgIpc) is 2.38. The summed E-state index contributed by atoms with van der Waals surface area (Å²) in [5, 5.41) is 9.18. The van der Waals surface area contributed by atoms with Gasteiger partial charge in [-0.05, 0) is 29.3 Å². The van der Waals surface area contributed by atoms with Gasteiger partial charge in [-0.2, -0.15) is 0 Å². The van der Waals surface area contributed by atoms with Gasteiger partial charge in [-0.3, -0.25) is 0 Å². The van der Waals surface area contributed by atoms with Crippen molar-refractivity contribution in [1.82, 2.24) is 0 Å². The third kappa shape index (κ3) is 2.91. The zero-order valence-corrected chi connectivity index (χ0v) is 10.1. The van der Waals surface area contributed by atoms with Crippen molar-refractivity contribution in [2.75, 3.05) is 0 Å². The number of benzene rings is 2. The number of aliphatic carboxylic acids is 1. The van der Waals surface area contributed by atoms with E-state index in [4.69, 9.17) is 16.7 Å². The number of carboxylic acid groups (broad SMARTS) is 1. The molecule has 0 aromatic heterocycles. The van der Waals surface area contributed by atoms with Gasteiger partial charge >= 0.3 is 5.97 Å². The first-order valence-corrected chi connectivity index (χ1v) is 5.64. The lowest BCUT2D eigenvalue weighted by Gasteiger charge is -2.05. The molecule has 0 aliphatic heterocycles. The molecule has 0 fully saturated rings. The molecule has 0 saturated carbocycles. The second kappa shape index (κ2) is 5.39. The first-order valence-electron chi connectivity index (χ1n) is 5.27. The van der Waals surface area contributed by atoms with E-state index in [-0.39, 0.29) is 0 Å². The third-order valence-corrected chi connectivity index (χ3v) is 2.61. The number of rotatable bonds is 1. The largest absolute Gasteiger partial charge is 0.472 e. The Bertz CT molecular complexity index is 637. The molecular weight excluding hydrogens is 248 g/mol. The lowest BCUT2D eigenvalue weighted by atomic mass is 10.00. The van der Waals surface area contributed by atoms with Crippen molar-refractivity contribution < 1.29 is 9.90 Å². The topological polar surface area (TPSA) is 37.3 Å². The zero-order valence-electron chi connectivity index (χ0n) is 9.35. The van der Waals surface area contributed by atoms with Crippen LogP contribution in [-0.4, -0.2) is 11.1 Å². The van der Waals surface area contributed by atoms with Gasteiger partial charge in [0, 0.05) is 16.5 Å². The molecule has 0 aliphatic carbocycles. The zero-order chi connectivity index (χ0) is 13.0. The summed E-state index contributed by atoms with van der Waals surface area (Å²) in [7, 11) is 0. The van der Waals surface area contributed by atoms with Crippen molar-refractivity contribution in [3.63, 3.8) is 0 Å². The molecule has 3 heteroatoms. The van der Waals surface area contributed by atoms with E-state index in [0.29, 0.717) is 10.6 Å². The maximum Gasteiger partial charge on any atom is 0.382 e. The van der Waals surface area contributed by atoms with Crippen LogP contribution in [0.2, 0.25) is 5.02 Å². The van der Waals surface area contributed by atoms with Gasteiger partial charge in [-0.15, -0.1) is 0 Å². The molecule has 2 aromatic carbocycles. The van der Waals surface area contributed by atoms with Gasteiger partial charge in [0.05, 0.1) is 0 Å². The molecule has 0 spiro atoms. The van der Waals surface area contributed by atoms with Crippen LogP contribution in [0, 0.1) is 11.8 Å². The summed E-state index contributed by atoms with van der Waals surface area (Å²) in [6, 6.07) is 14.8. The Labute approximate surface area is 110 Å². The molecule has 0 aliphatic rings. The Balaban J connectivity index is 2.56. The summed E-state index contributed by atoms with van der Waals surface area (Å²) in [5.41, 5.74) is 2.43. The molecular formula is C15H9ClO2. The van der Waals surface area contributed by atoms with Crippen LogP contribution >= 0.6 is 11.6 Å². The van der Waals surface area contributed by atoms with Crippen molar-refractivity contribution in [2.45, 2.75) is 0 Å². The molecule has 0 heterocycles. The molecule has 2 nitrogen and oxygen atoms in total. The molecule has 0 bridgehead atoms. The van der Waals surface area contributed by atoms with Crippen LogP contribution in [0.15, 0.2) is 48.5 Å². The molecule has 0 amide bonds. The van der Waals surface area contributed by atoms with Gasteiger partial charge in [0.2, 0.25) is 0 Å². The van der Waals surface area contributed by atoms with E-state index in [1.54, 1.807) is 18.2 Å². The Morgan fingerprint density at radius 1 is 1.11 bits per heavy atom. The average molecular weight is 257 g/mol. The van der Waals surface area contributed by atoms with Crippen LogP contribution in [0.1, 0.15) is 5.56 Å². The van der Waals surface area contributed by atoms with Crippen LogP contribution in [0.5, 0.6) is 0 Å². The van der Waals surface area contributed by atoms with Crippen molar-refractivity contribution in [3.05, 3.63) is 59.1 Å². The van der Waals surface area contributed by atoms with E-state index in [2.05, 4.69) is 11.8 Å². The second-order valence-corrected chi connectivity index (χ2v) is 4.05. The number of carbonyl (C=O) groups is 1. The smallest absolute Gasteiger partial charge is 0.382 e. The van der Waals surface area contributed by atoms with E-state index < -0.39 is 5.97 Å². The number of hydrogen-bond donors (Lipinski definition) is 1. The van der Waals surface area contributed by atoms with Crippen molar-refractivity contribution >= 4 is 17.6 Å². The van der Waals surface area contributed by atoms with Crippen molar-refractivity contribution in [1.29, 1.82) is 0 Å². The molecule has 18 heavy (non-hydrogen) atoms. The highest BCUT2D eigenvalue weighted by Crippen LogP contribution is 2.26. The summed E-state index contributed by atoms with van der Waals surface area (Å²) in [6.45, 7) is 0. The summed E-state index contributed by atoms with van der Waals surface area (Å²) in [4.78, 5) is 10.5. The van der Waals surface area contributed by atoms with E-state index >= 15 is 0 Å². The minimum Gasteiger partial charge on any atom is -0.472 e. The summed E-state index contributed by atoms with van der Waals surface area (Å²) in [6.07, 6.45) is 0. The molecule has 0 radical (unpaired) electrons. The van der Waals surface area contributed by atoms with Gasteiger partial charge in [0.1, 0.15) is 0 Å². The van der Waals surface area contributed by atoms with Gasteiger partial charge in [-0.1, -0.05) is 47.9 Å². The minimum absolute atomic E-state index is 0.592. The fraction of sp³-hybridized carbons (Fsp3) is 0. The fourth-order valence-corrected chi connectivity index (χ4v) is 1.77. The van der Waals surface area contributed by atoms with Crippen LogP contribution < -0.4 is 0 Å². The maximum absolute atomic E-state index is 10.5. The Hall–Kier alpha value is -2.24. The SMILES string of the molecule is O=C(O)C#Cc1ccc(Cl)cc1-c1ccccc1. The van der Waals surface area contributed by atoms with Crippen LogP contribution in [0.3, 0.4) is 0 Å².